The Morgan fingerprint density at radius 1 is 0.400 bits per heavy atom. The molecule has 0 bridgehead atoms. The van der Waals surface area contributed by atoms with Crippen molar-refractivity contribution in [2.75, 3.05) is 0 Å². The first-order valence-electron chi connectivity index (χ1n) is 18.0. The van der Waals surface area contributed by atoms with Crippen LogP contribution in [0.3, 0.4) is 0 Å². The smallest absolute Gasteiger partial charge is 0.344 e. The van der Waals surface area contributed by atoms with E-state index in [1.807, 2.05) is 18.2 Å². The van der Waals surface area contributed by atoms with E-state index < -0.39 is 17.9 Å². The van der Waals surface area contributed by atoms with Gasteiger partial charge in [-0.05, 0) is 94.2 Å². The lowest BCUT2D eigenvalue weighted by Crippen LogP contribution is -2.16. The molecule has 246 valence electrons. The Balaban J connectivity index is 1.56. The summed E-state index contributed by atoms with van der Waals surface area (Å²) in [7, 11) is 0. The Morgan fingerprint density at radius 3 is 1.20 bits per heavy atom. The summed E-state index contributed by atoms with van der Waals surface area (Å²) in [5.41, 5.74) is 0.357. The van der Waals surface area contributed by atoms with Crippen molar-refractivity contribution in [1.82, 2.24) is 0 Å². The minimum Gasteiger partial charge on any atom is -0.428 e. The lowest BCUT2D eigenvalue weighted by Gasteiger charge is -2.16. The summed E-state index contributed by atoms with van der Waals surface area (Å²) >= 11 is 0. The molecule has 0 amide bonds. The van der Waals surface area contributed by atoms with Crippen molar-refractivity contribution in [3.05, 3.63) is 70.4 Å². The van der Waals surface area contributed by atoms with E-state index in [0.717, 1.165) is 77.0 Å². The molecule has 1 aromatic carbocycles. The minimum atomic E-state index is -0.641. The molecule has 0 fully saturated rings. The summed E-state index contributed by atoms with van der Waals surface area (Å²) in [6.45, 7) is 0. The lowest BCUT2D eigenvalue weighted by molar-refractivity contribution is 0.0562. The van der Waals surface area contributed by atoms with Crippen LogP contribution in [0.15, 0.2) is 53.7 Å². The maximum absolute atomic E-state index is 13.7. The number of carbonyl (C=O) groups excluding carboxylic acids is 3. The summed E-state index contributed by atoms with van der Waals surface area (Å²) in [4.78, 5) is 40.7. The molecular weight excluding hydrogens is 564 g/mol. The number of hydrogen-bond donors (Lipinski definition) is 0. The lowest BCUT2D eigenvalue weighted by atomic mass is 10.0. The van der Waals surface area contributed by atoms with Crippen LogP contribution in [0.2, 0.25) is 0 Å². The second-order valence-corrected chi connectivity index (χ2v) is 12.9. The number of hydrogen-bond acceptors (Lipinski definition) is 6. The SMILES string of the molecule is O=C(O/C1=C/CCCCCCCC1)c1ccc(C(=O)O/C2=C/CCCCCCCC2)c(C(=O)O/C2=C/CCCCCCCC2)c1. The van der Waals surface area contributed by atoms with Crippen LogP contribution < -0.4 is 0 Å². The molecule has 0 aromatic heterocycles. The highest BCUT2D eigenvalue weighted by molar-refractivity contribution is 6.05. The minimum absolute atomic E-state index is 0.0350. The van der Waals surface area contributed by atoms with Crippen molar-refractivity contribution in [2.45, 2.75) is 154 Å². The molecule has 45 heavy (non-hydrogen) atoms. The zero-order valence-electron chi connectivity index (χ0n) is 27.4. The van der Waals surface area contributed by atoms with Crippen LogP contribution in [0, 0.1) is 0 Å². The zero-order valence-corrected chi connectivity index (χ0v) is 27.4. The molecule has 0 N–H and O–H groups in total. The summed E-state index contributed by atoms with van der Waals surface area (Å²) < 4.78 is 17.7. The molecule has 0 spiro atoms. The van der Waals surface area contributed by atoms with Crippen LogP contribution in [-0.4, -0.2) is 17.9 Å². The van der Waals surface area contributed by atoms with Crippen LogP contribution in [-0.2, 0) is 14.2 Å². The van der Waals surface area contributed by atoms with Gasteiger partial charge in [-0.15, -0.1) is 0 Å². The zero-order chi connectivity index (χ0) is 31.5. The van der Waals surface area contributed by atoms with E-state index in [-0.39, 0.29) is 16.7 Å². The van der Waals surface area contributed by atoms with Gasteiger partial charge in [-0.1, -0.05) is 77.0 Å². The van der Waals surface area contributed by atoms with Gasteiger partial charge < -0.3 is 14.2 Å². The van der Waals surface area contributed by atoms with Gasteiger partial charge >= 0.3 is 17.9 Å². The third-order valence-corrected chi connectivity index (χ3v) is 9.11. The Morgan fingerprint density at radius 2 is 0.756 bits per heavy atom. The molecule has 4 rings (SSSR count). The fourth-order valence-electron chi connectivity index (χ4n) is 6.37. The molecule has 1 aromatic rings. The largest absolute Gasteiger partial charge is 0.428 e. The number of rotatable bonds is 6. The topological polar surface area (TPSA) is 78.9 Å². The van der Waals surface area contributed by atoms with E-state index in [4.69, 9.17) is 14.2 Å². The van der Waals surface area contributed by atoms with Gasteiger partial charge in [0.2, 0.25) is 0 Å². The van der Waals surface area contributed by atoms with Gasteiger partial charge in [0.15, 0.2) is 0 Å². The van der Waals surface area contributed by atoms with E-state index in [9.17, 15) is 14.4 Å². The van der Waals surface area contributed by atoms with Crippen LogP contribution in [0.5, 0.6) is 0 Å². The molecular formula is C39H54O6. The molecule has 0 radical (unpaired) electrons. The molecule has 0 saturated heterocycles. The van der Waals surface area contributed by atoms with Gasteiger partial charge in [0.1, 0.15) is 17.3 Å². The van der Waals surface area contributed by atoms with Gasteiger partial charge in [0.25, 0.3) is 0 Å². The van der Waals surface area contributed by atoms with Crippen molar-refractivity contribution in [2.24, 2.45) is 0 Å². The number of ether oxygens (including phenoxy) is 3. The predicted molar refractivity (Wildman–Crippen MR) is 178 cm³/mol. The van der Waals surface area contributed by atoms with E-state index in [1.54, 1.807) is 6.07 Å². The maximum Gasteiger partial charge on any atom is 0.344 e. The Kier molecular flexibility index (Phi) is 15.5. The fraction of sp³-hybridized carbons (Fsp3) is 0.615. The molecule has 3 aliphatic carbocycles. The first kappa shape index (κ1) is 34.7. The first-order chi connectivity index (χ1) is 22.1. The summed E-state index contributed by atoms with van der Waals surface area (Å²) in [6.07, 6.45) is 31.0. The monoisotopic (exact) mass is 618 g/mol. The maximum atomic E-state index is 13.7. The molecule has 0 atom stereocenters. The first-order valence-corrected chi connectivity index (χ1v) is 18.0. The molecule has 0 saturated carbocycles. The third kappa shape index (κ3) is 12.6. The number of benzene rings is 1. The van der Waals surface area contributed by atoms with Crippen molar-refractivity contribution in [3.8, 4) is 0 Å². The number of allylic oxidation sites excluding steroid dienone is 6. The van der Waals surface area contributed by atoms with Gasteiger partial charge in [-0.3, -0.25) is 0 Å². The molecule has 0 heterocycles. The van der Waals surface area contributed by atoms with Crippen molar-refractivity contribution >= 4 is 17.9 Å². The van der Waals surface area contributed by atoms with E-state index in [0.29, 0.717) is 36.5 Å². The number of esters is 3. The summed E-state index contributed by atoms with van der Waals surface area (Å²) in [6, 6.07) is 4.52. The summed E-state index contributed by atoms with van der Waals surface area (Å²) in [5, 5.41) is 0. The highest BCUT2D eigenvalue weighted by Crippen LogP contribution is 2.25. The van der Waals surface area contributed by atoms with Crippen LogP contribution in [0.25, 0.3) is 0 Å². The van der Waals surface area contributed by atoms with Crippen molar-refractivity contribution in [1.29, 1.82) is 0 Å². The molecule has 6 heteroatoms. The van der Waals surface area contributed by atoms with Crippen LogP contribution in [0.1, 0.15) is 185 Å². The van der Waals surface area contributed by atoms with Gasteiger partial charge in [0, 0.05) is 19.3 Å². The quantitative estimate of drug-likeness (QED) is 0.233. The third-order valence-electron chi connectivity index (χ3n) is 9.11. The van der Waals surface area contributed by atoms with Gasteiger partial charge in [-0.25, -0.2) is 14.4 Å². The summed E-state index contributed by atoms with van der Waals surface area (Å²) in [5.74, 6) is 0.209. The molecule has 3 aliphatic rings. The highest BCUT2D eigenvalue weighted by atomic mass is 16.5. The standard InChI is InChI=1S/C39H54O6/c40-37(43-32-22-16-10-4-1-5-11-17-23-32)31-28-29-35(38(41)44-33-24-18-12-6-2-7-13-19-25-33)36(30-31)39(42)45-34-26-20-14-8-3-9-15-21-27-34/h22,24,26,28-30H,1-21,23,25,27H2/b32-22+,33-24+,34-26+. The number of carbonyl (C=O) groups is 3. The van der Waals surface area contributed by atoms with Gasteiger partial charge in [0.05, 0.1) is 16.7 Å². The highest BCUT2D eigenvalue weighted by Gasteiger charge is 2.25. The average molecular weight is 619 g/mol. The Hall–Kier alpha value is -3.15. The van der Waals surface area contributed by atoms with Crippen LogP contribution >= 0.6 is 0 Å². The average Bonchev–Trinajstić information content (AvgIpc) is 3.06. The van der Waals surface area contributed by atoms with E-state index in [2.05, 4.69) is 0 Å². The predicted octanol–water partition coefficient (Wildman–Crippen LogP) is 11.2. The molecule has 6 nitrogen and oxygen atoms in total. The molecule has 0 aliphatic heterocycles. The van der Waals surface area contributed by atoms with E-state index >= 15 is 0 Å². The Bertz CT molecular complexity index is 1210. The normalized spacial score (nSPS) is 23.3. The van der Waals surface area contributed by atoms with Crippen molar-refractivity contribution in [3.63, 3.8) is 0 Å². The Labute approximate surface area is 270 Å². The van der Waals surface area contributed by atoms with Crippen molar-refractivity contribution < 1.29 is 28.6 Å². The molecule has 0 unspecified atom stereocenters. The van der Waals surface area contributed by atoms with Gasteiger partial charge in [-0.2, -0.15) is 0 Å². The van der Waals surface area contributed by atoms with E-state index in [1.165, 1.54) is 69.9 Å². The van der Waals surface area contributed by atoms with Crippen LogP contribution in [0.4, 0.5) is 0 Å². The fourth-order valence-corrected chi connectivity index (χ4v) is 6.37. The second-order valence-electron chi connectivity index (χ2n) is 12.9. The second kappa shape index (κ2) is 20.1.